The van der Waals surface area contributed by atoms with Crippen molar-refractivity contribution in [2.75, 3.05) is 18.1 Å². The Morgan fingerprint density at radius 1 is 1.24 bits per heavy atom. The number of nitrogens with two attached hydrogens (primary N) is 1. The molecule has 2 aromatic rings. The Labute approximate surface area is 140 Å². The molecule has 2 rings (SSSR count). The summed E-state index contributed by atoms with van der Waals surface area (Å²) in [7, 11) is 0. The summed E-state index contributed by atoms with van der Waals surface area (Å²) >= 11 is 12.7. The van der Waals surface area contributed by atoms with Crippen LogP contribution >= 0.6 is 35.6 Å². The molecule has 0 bridgehead atoms. The molecule has 0 heterocycles. The third kappa shape index (κ3) is 4.37. The van der Waals surface area contributed by atoms with Gasteiger partial charge in [0.15, 0.2) is 0 Å². The van der Waals surface area contributed by atoms with Crippen molar-refractivity contribution < 1.29 is 0 Å². The SMILES string of the molecule is CSc1cccc(NCCc2ccc(Cl)cc2)c1C(N)=S. The van der Waals surface area contributed by atoms with Crippen LogP contribution in [0.3, 0.4) is 0 Å². The van der Waals surface area contributed by atoms with E-state index in [4.69, 9.17) is 29.6 Å². The minimum absolute atomic E-state index is 0.425. The van der Waals surface area contributed by atoms with Gasteiger partial charge in [0.25, 0.3) is 0 Å². The van der Waals surface area contributed by atoms with Crippen molar-refractivity contribution >= 4 is 46.3 Å². The normalized spacial score (nSPS) is 10.4. The number of nitrogens with one attached hydrogen (secondary N) is 1. The molecule has 2 aromatic carbocycles. The van der Waals surface area contributed by atoms with E-state index in [2.05, 4.69) is 5.32 Å². The van der Waals surface area contributed by atoms with Crippen molar-refractivity contribution in [3.8, 4) is 0 Å². The lowest BCUT2D eigenvalue weighted by Gasteiger charge is -2.14. The van der Waals surface area contributed by atoms with Crippen molar-refractivity contribution in [1.29, 1.82) is 0 Å². The molecule has 0 saturated heterocycles. The minimum atomic E-state index is 0.425. The van der Waals surface area contributed by atoms with Gasteiger partial charge < -0.3 is 11.1 Å². The first-order chi connectivity index (χ1) is 10.1. The second-order valence-electron chi connectivity index (χ2n) is 4.55. The maximum absolute atomic E-state index is 5.88. The highest BCUT2D eigenvalue weighted by Gasteiger charge is 2.10. The van der Waals surface area contributed by atoms with E-state index in [0.717, 1.165) is 34.1 Å². The van der Waals surface area contributed by atoms with Gasteiger partial charge >= 0.3 is 0 Å². The van der Waals surface area contributed by atoms with Gasteiger partial charge in [0.2, 0.25) is 0 Å². The number of rotatable bonds is 6. The van der Waals surface area contributed by atoms with Crippen LogP contribution in [0.25, 0.3) is 0 Å². The van der Waals surface area contributed by atoms with Crippen molar-refractivity contribution in [3.63, 3.8) is 0 Å². The summed E-state index contributed by atoms with van der Waals surface area (Å²) in [5, 5.41) is 4.18. The average Bonchev–Trinajstić information content (AvgIpc) is 2.48. The van der Waals surface area contributed by atoms with Gasteiger partial charge in [-0.15, -0.1) is 11.8 Å². The molecule has 110 valence electrons. The Bertz CT molecular complexity index is 627. The van der Waals surface area contributed by atoms with E-state index in [1.807, 2.05) is 48.7 Å². The lowest BCUT2D eigenvalue weighted by Crippen LogP contribution is -2.15. The first kappa shape index (κ1) is 16.1. The van der Waals surface area contributed by atoms with Crippen LogP contribution in [0, 0.1) is 0 Å². The van der Waals surface area contributed by atoms with E-state index in [1.165, 1.54) is 5.56 Å². The van der Waals surface area contributed by atoms with Crippen molar-refractivity contribution in [1.82, 2.24) is 0 Å². The van der Waals surface area contributed by atoms with Gasteiger partial charge in [0.1, 0.15) is 4.99 Å². The maximum Gasteiger partial charge on any atom is 0.107 e. The number of hydrogen-bond acceptors (Lipinski definition) is 3. The molecule has 2 nitrogen and oxygen atoms in total. The smallest absolute Gasteiger partial charge is 0.107 e. The largest absolute Gasteiger partial charge is 0.389 e. The highest BCUT2D eigenvalue weighted by molar-refractivity contribution is 7.98. The molecule has 3 N–H and O–H groups in total. The van der Waals surface area contributed by atoms with E-state index in [1.54, 1.807) is 11.8 Å². The Kier molecular flexibility index (Phi) is 5.91. The molecule has 0 amide bonds. The number of benzene rings is 2. The van der Waals surface area contributed by atoms with Crippen LogP contribution in [-0.2, 0) is 6.42 Å². The van der Waals surface area contributed by atoms with Gasteiger partial charge in [-0.25, -0.2) is 0 Å². The standard InChI is InChI=1S/C16H17ClN2S2/c1-21-14-4-2-3-13(15(14)16(18)20)19-10-9-11-5-7-12(17)8-6-11/h2-8,19H,9-10H2,1H3,(H2,18,20). The lowest BCUT2D eigenvalue weighted by atomic mass is 10.1. The zero-order chi connectivity index (χ0) is 15.2. The van der Waals surface area contributed by atoms with Crippen molar-refractivity contribution in [2.24, 2.45) is 5.73 Å². The van der Waals surface area contributed by atoms with Crippen molar-refractivity contribution in [2.45, 2.75) is 11.3 Å². The number of thiocarbonyl (C=S) groups is 1. The summed E-state index contributed by atoms with van der Waals surface area (Å²) in [6.45, 7) is 0.815. The first-order valence-electron chi connectivity index (χ1n) is 6.57. The van der Waals surface area contributed by atoms with Crippen LogP contribution in [-0.4, -0.2) is 17.8 Å². The maximum atomic E-state index is 5.88. The molecule has 0 aromatic heterocycles. The average molecular weight is 337 g/mol. The molecule has 0 aliphatic heterocycles. The number of hydrogen-bond donors (Lipinski definition) is 2. The molecule has 0 unspecified atom stereocenters. The fraction of sp³-hybridized carbons (Fsp3) is 0.188. The molecule has 0 aliphatic carbocycles. The molecule has 0 saturated carbocycles. The van der Waals surface area contributed by atoms with E-state index >= 15 is 0 Å². The minimum Gasteiger partial charge on any atom is -0.389 e. The fourth-order valence-corrected chi connectivity index (χ4v) is 3.14. The molecule has 0 radical (unpaired) electrons. The van der Waals surface area contributed by atoms with Gasteiger partial charge in [-0.2, -0.15) is 0 Å². The second kappa shape index (κ2) is 7.69. The fourth-order valence-electron chi connectivity index (χ4n) is 2.10. The highest BCUT2D eigenvalue weighted by atomic mass is 35.5. The molecule has 0 spiro atoms. The Morgan fingerprint density at radius 2 is 1.95 bits per heavy atom. The summed E-state index contributed by atoms with van der Waals surface area (Å²) in [5.41, 5.74) is 9.01. The summed E-state index contributed by atoms with van der Waals surface area (Å²) < 4.78 is 0. The summed E-state index contributed by atoms with van der Waals surface area (Å²) in [6, 6.07) is 13.9. The third-order valence-electron chi connectivity index (χ3n) is 3.13. The summed E-state index contributed by atoms with van der Waals surface area (Å²) in [6.07, 6.45) is 2.94. The predicted molar refractivity (Wildman–Crippen MR) is 97.8 cm³/mol. The molecular formula is C16H17ClN2S2. The number of anilines is 1. The Hall–Kier alpha value is -1.23. The molecular weight excluding hydrogens is 320 g/mol. The first-order valence-corrected chi connectivity index (χ1v) is 8.58. The van der Waals surface area contributed by atoms with Crippen LogP contribution in [0.4, 0.5) is 5.69 Å². The summed E-state index contributed by atoms with van der Waals surface area (Å²) in [4.78, 5) is 1.52. The van der Waals surface area contributed by atoms with Crippen molar-refractivity contribution in [3.05, 3.63) is 58.6 Å². The van der Waals surface area contributed by atoms with Gasteiger partial charge in [0.05, 0.1) is 0 Å². The highest BCUT2D eigenvalue weighted by Crippen LogP contribution is 2.27. The zero-order valence-electron chi connectivity index (χ0n) is 11.7. The number of halogens is 1. The van der Waals surface area contributed by atoms with Gasteiger partial charge in [-0.1, -0.05) is 42.0 Å². The van der Waals surface area contributed by atoms with Crippen LogP contribution in [0.2, 0.25) is 5.02 Å². The molecule has 0 fully saturated rings. The Morgan fingerprint density at radius 3 is 2.57 bits per heavy atom. The van der Waals surface area contributed by atoms with Crippen LogP contribution in [0.5, 0.6) is 0 Å². The monoisotopic (exact) mass is 336 g/mol. The number of thioether (sulfide) groups is 1. The Balaban J connectivity index is 2.06. The lowest BCUT2D eigenvalue weighted by molar-refractivity contribution is 1.02. The predicted octanol–water partition coefficient (Wildman–Crippen LogP) is 4.35. The molecule has 5 heteroatoms. The van der Waals surface area contributed by atoms with Gasteiger partial charge in [-0.05, 0) is 42.5 Å². The van der Waals surface area contributed by atoms with Gasteiger partial charge in [-0.3, -0.25) is 0 Å². The van der Waals surface area contributed by atoms with E-state index in [9.17, 15) is 0 Å². The molecule has 0 aliphatic rings. The quantitative estimate of drug-likeness (QED) is 0.607. The second-order valence-corrected chi connectivity index (χ2v) is 6.27. The molecule has 0 atom stereocenters. The van der Waals surface area contributed by atoms with Crippen LogP contribution in [0.1, 0.15) is 11.1 Å². The third-order valence-corrected chi connectivity index (χ3v) is 4.37. The molecule has 21 heavy (non-hydrogen) atoms. The van der Waals surface area contributed by atoms with E-state index in [0.29, 0.717) is 4.99 Å². The summed E-state index contributed by atoms with van der Waals surface area (Å²) in [5.74, 6) is 0. The topological polar surface area (TPSA) is 38.0 Å². The van der Waals surface area contributed by atoms with Crippen LogP contribution in [0.15, 0.2) is 47.4 Å². The van der Waals surface area contributed by atoms with E-state index < -0.39 is 0 Å². The van der Waals surface area contributed by atoms with E-state index in [-0.39, 0.29) is 0 Å². The zero-order valence-corrected chi connectivity index (χ0v) is 14.1. The van der Waals surface area contributed by atoms with Crippen LogP contribution < -0.4 is 11.1 Å². The van der Waals surface area contributed by atoms with Gasteiger partial charge in [0, 0.05) is 27.7 Å².